The van der Waals surface area contributed by atoms with Gasteiger partial charge in [-0.15, -0.1) is 12.4 Å². The molecule has 1 aliphatic heterocycles. The summed E-state index contributed by atoms with van der Waals surface area (Å²) in [5.74, 6) is 1.22. The second-order valence-corrected chi connectivity index (χ2v) is 5.09. The molecule has 1 aromatic heterocycles. The second kappa shape index (κ2) is 7.63. The lowest BCUT2D eigenvalue weighted by atomic mass is 10.0. The number of halogens is 2. The summed E-state index contributed by atoms with van der Waals surface area (Å²) in [6.07, 6.45) is 1.65. The Labute approximate surface area is 135 Å². The number of furan rings is 1. The van der Waals surface area contributed by atoms with E-state index in [0.29, 0.717) is 5.75 Å². The van der Waals surface area contributed by atoms with Crippen LogP contribution in [-0.4, -0.2) is 38.2 Å². The lowest BCUT2D eigenvalue weighted by Gasteiger charge is -2.34. The first-order valence-corrected chi connectivity index (χ1v) is 7.11. The summed E-state index contributed by atoms with van der Waals surface area (Å²) in [7, 11) is 1.60. The van der Waals surface area contributed by atoms with Gasteiger partial charge in [0.1, 0.15) is 17.3 Å². The van der Waals surface area contributed by atoms with Gasteiger partial charge in [0.15, 0.2) is 0 Å². The first kappa shape index (κ1) is 16.8. The lowest BCUT2D eigenvalue weighted by molar-refractivity contribution is 0.177. The minimum absolute atomic E-state index is 0. The van der Waals surface area contributed by atoms with Crippen LogP contribution in [0.25, 0.3) is 0 Å². The molecule has 3 rings (SSSR count). The average Bonchev–Trinajstić information content (AvgIpc) is 3.03. The highest BCUT2D eigenvalue weighted by Gasteiger charge is 2.28. The Morgan fingerprint density at radius 1 is 1.27 bits per heavy atom. The molecule has 2 heterocycles. The van der Waals surface area contributed by atoms with Crippen molar-refractivity contribution in [3.8, 4) is 5.75 Å². The van der Waals surface area contributed by atoms with E-state index in [2.05, 4.69) is 10.2 Å². The predicted octanol–water partition coefficient (Wildman–Crippen LogP) is 2.84. The molecule has 0 saturated carbocycles. The van der Waals surface area contributed by atoms with E-state index in [1.54, 1.807) is 19.4 Å². The molecule has 1 saturated heterocycles. The van der Waals surface area contributed by atoms with Crippen molar-refractivity contribution in [3.63, 3.8) is 0 Å². The zero-order valence-electron chi connectivity index (χ0n) is 12.4. The van der Waals surface area contributed by atoms with Crippen LogP contribution in [0.1, 0.15) is 17.4 Å². The van der Waals surface area contributed by atoms with E-state index in [1.165, 1.54) is 12.1 Å². The van der Waals surface area contributed by atoms with Crippen LogP contribution >= 0.6 is 12.4 Å². The van der Waals surface area contributed by atoms with Gasteiger partial charge in [-0.05, 0) is 30.3 Å². The Hall–Kier alpha value is -1.56. The molecule has 22 heavy (non-hydrogen) atoms. The summed E-state index contributed by atoms with van der Waals surface area (Å²) < 4.78 is 24.8. The predicted molar refractivity (Wildman–Crippen MR) is 85.2 cm³/mol. The maximum absolute atomic E-state index is 13.7. The van der Waals surface area contributed by atoms with Crippen LogP contribution in [0.4, 0.5) is 4.39 Å². The highest BCUT2D eigenvalue weighted by molar-refractivity contribution is 5.85. The first-order valence-electron chi connectivity index (χ1n) is 7.11. The van der Waals surface area contributed by atoms with E-state index in [9.17, 15) is 4.39 Å². The average molecular weight is 327 g/mol. The number of benzene rings is 1. The van der Waals surface area contributed by atoms with Gasteiger partial charge in [-0.2, -0.15) is 0 Å². The van der Waals surface area contributed by atoms with Gasteiger partial charge in [0.05, 0.1) is 19.4 Å². The van der Waals surface area contributed by atoms with Crippen molar-refractivity contribution >= 4 is 12.4 Å². The third-order valence-electron chi connectivity index (χ3n) is 3.82. The molecule has 6 heteroatoms. The molecule has 1 atom stereocenters. The third kappa shape index (κ3) is 3.43. The van der Waals surface area contributed by atoms with E-state index in [1.807, 2.05) is 12.1 Å². The van der Waals surface area contributed by atoms with Crippen LogP contribution in [0.3, 0.4) is 0 Å². The van der Waals surface area contributed by atoms with Crippen LogP contribution in [-0.2, 0) is 0 Å². The Morgan fingerprint density at radius 2 is 2.05 bits per heavy atom. The number of ether oxygens (including phenoxy) is 1. The number of hydrogen-bond donors (Lipinski definition) is 1. The van der Waals surface area contributed by atoms with E-state index >= 15 is 0 Å². The second-order valence-electron chi connectivity index (χ2n) is 5.09. The molecule has 0 unspecified atom stereocenters. The fourth-order valence-electron chi connectivity index (χ4n) is 2.84. The van der Waals surface area contributed by atoms with Gasteiger partial charge in [-0.25, -0.2) is 4.39 Å². The van der Waals surface area contributed by atoms with Gasteiger partial charge in [-0.3, -0.25) is 4.90 Å². The smallest absolute Gasteiger partial charge is 0.125 e. The highest BCUT2D eigenvalue weighted by atomic mass is 35.5. The molecule has 0 bridgehead atoms. The monoisotopic (exact) mass is 326 g/mol. The molecule has 0 aliphatic carbocycles. The van der Waals surface area contributed by atoms with E-state index < -0.39 is 0 Å². The molecule has 120 valence electrons. The number of methoxy groups -OCH3 is 1. The maximum atomic E-state index is 13.7. The van der Waals surface area contributed by atoms with Crippen LogP contribution < -0.4 is 10.1 Å². The van der Waals surface area contributed by atoms with Crippen molar-refractivity contribution in [1.29, 1.82) is 0 Å². The Bertz CT molecular complexity index is 586. The van der Waals surface area contributed by atoms with Crippen LogP contribution in [0.5, 0.6) is 5.75 Å². The van der Waals surface area contributed by atoms with Crippen molar-refractivity contribution in [1.82, 2.24) is 10.2 Å². The SMILES string of the molecule is COc1ccc(F)cc1[C@@H](c1ccco1)N1CCNCC1.Cl. The molecule has 1 N–H and O–H groups in total. The fraction of sp³-hybridized carbons (Fsp3) is 0.375. The standard InChI is InChI=1S/C16H19FN2O2.ClH/c1-20-14-5-4-12(17)11-13(14)16(15-3-2-10-21-15)19-8-6-18-7-9-19;/h2-5,10-11,16,18H,6-9H2,1H3;1H/t16-;/m0./s1. The number of nitrogens with zero attached hydrogens (tertiary/aromatic N) is 1. The minimum atomic E-state index is -0.266. The van der Waals surface area contributed by atoms with Crippen molar-refractivity contribution in [3.05, 3.63) is 53.7 Å². The molecular formula is C16H20ClFN2O2. The first-order chi connectivity index (χ1) is 10.3. The van der Waals surface area contributed by atoms with Gasteiger partial charge in [0, 0.05) is 31.7 Å². The fourth-order valence-corrected chi connectivity index (χ4v) is 2.84. The topological polar surface area (TPSA) is 37.6 Å². The molecule has 0 amide bonds. The maximum Gasteiger partial charge on any atom is 0.125 e. The van der Waals surface area contributed by atoms with Gasteiger partial charge >= 0.3 is 0 Å². The zero-order chi connectivity index (χ0) is 14.7. The van der Waals surface area contributed by atoms with Crippen molar-refractivity contribution in [2.24, 2.45) is 0 Å². The summed E-state index contributed by atoms with van der Waals surface area (Å²) in [6.45, 7) is 3.58. The lowest BCUT2D eigenvalue weighted by Crippen LogP contribution is -2.45. The van der Waals surface area contributed by atoms with Crippen molar-refractivity contribution in [2.45, 2.75) is 6.04 Å². The molecule has 2 aromatic rings. The van der Waals surface area contributed by atoms with Gasteiger partial charge in [-0.1, -0.05) is 0 Å². The van der Waals surface area contributed by atoms with E-state index in [0.717, 1.165) is 37.5 Å². The third-order valence-corrected chi connectivity index (χ3v) is 3.82. The van der Waals surface area contributed by atoms with Crippen LogP contribution in [0.2, 0.25) is 0 Å². The summed E-state index contributed by atoms with van der Waals surface area (Å²) in [6, 6.07) is 8.27. The Morgan fingerprint density at radius 3 is 2.68 bits per heavy atom. The molecule has 0 radical (unpaired) electrons. The Kier molecular flexibility index (Phi) is 5.83. The quantitative estimate of drug-likeness (QED) is 0.937. The molecule has 1 aromatic carbocycles. The van der Waals surface area contributed by atoms with E-state index in [4.69, 9.17) is 9.15 Å². The van der Waals surface area contributed by atoms with Crippen molar-refractivity contribution in [2.75, 3.05) is 33.3 Å². The van der Waals surface area contributed by atoms with Gasteiger partial charge < -0.3 is 14.5 Å². The summed E-state index contributed by atoms with van der Waals surface area (Å²) in [4.78, 5) is 2.28. The highest BCUT2D eigenvalue weighted by Crippen LogP contribution is 2.35. The largest absolute Gasteiger partial charge is 0.496 e. The Balaban J connectivity index is 0.00000176. The number of nitrogens with one attached hydrogen (secondary N) is 1. The summed E-state index contributed by atoms with van der Waals surface area (Å²) >= 11 is 0. The zero-order valence-corrected chi connectivity index (χ0v) is 13.2. The van der Waals surface area contributed by atoms with Crippen LogP contribution in [0, 0.1) is 5.82 Å². The molecule has 1 fully saturated rings. The number of piperazine rings is 1. The number of hydrogen-bond acceptors (Lipinski definition) is 4. The van der Waals surface area contributed by atoms with Gasteiger partial charge in [0.2, 0.25) is 0 Å². The van der Waals surface area contributed by atoms with Crippen LogP contribution in [0.15, 0.2) is 41.0 Å². The molecule has 4 nitrogen and oxygen atoms in total. The van der Waals surface area contributed by atoms with E-state index in [-0.39, 0.29) is 24.3 Å². The molecule has 0 spiro atoms. The summed E-state index contributed by atoms with van der Waals surface area (Å²) in [5, 5.41) is 3.33. The molecule has 1 aliphatic rings. The minimum Gasteiger partial charge on any atom is -0.496 e. The molecular weight excluding hydrogens is 307 g/mol. The number of rotatable bonds is 4. The summed E-state index contributed by atoms with van der Waals surface area (Å²) in [5.41, 5.74) is 0.800. The van der Waals surface area contributed by atoms with Crippen molar-refractivity contribution < 1.29 is 13.5 Å². The normalized spacial score (nSPS) is 16.8. The van der Waals surface area contributed by atoms with Gasteiger partial charge in [0.25, 0.3) is 0 Å².